The Balaban J connectivity index is 1.75. The first-order valence-electron chi connectivity index (χ1n) is 6.38. The summed E-state index contributed by atoms with van der Waals surface area (Å²) in [5.74, 6) is 0.642. The maximum Gasteiger partial charge on any atom is 0.317 e. The zero-order valence-electron chi connectivity index (χ0n) is 10.2. The van der Waals surface area contributed by atoms with Gasteiger partial charge < -0.3 is 16.0 Å². The average molecular weight is 225 g/mol. The van der Waals surface area contributed by atoms with Crippen LogP contribution in [0, 0.1) is 11.3 Å². The number of nitrogens with one attached hydrogen (secondary N) is 1. The highest BCUT2D eigenvalue weighted by Crippen LogP contribution is 2.43. The Morgan fingerprint density at radius 2 is 2.31 bits per heavy atom. The van der Waals surface area contributed by atoms with E-state index in [4.69, 9.17) is 5.73 Å². The summed E-state index contributed by atoms with van der Waals surface area (Å²) in [5, 5.41) is 3.03. The van der Waals surface area contributed by atoms with Gasteiger partial charge in [-0.3, -0.25) is 0 Å². The van der Waals surface area contributed by atoms with Crippen molar-refractivity contribution in [2.75, 3.05) is 26.2 Å². The number of urea groups is 1. The van der Waals surface area contributed by atoms with Gasteiger partial charge in [0.2, 0.25) is 0 Å². The maximum atomic E-state index is 11.9. The van der Waals surface area contributed by atoms with Crippen molar-refractivity contribution >= 4 is 6.03 Å². The first-order chi connectivity index (χ1) is 7.65. The lowest BCUT2D eigenvalue weighted by Crippen LogP contribution is -2.47. The number of amides is 2. The van der Waals surface area contributed by atoms with E-state index in [2.05, 4.69) is 12.2 Å². The third-order valence-electron chi connectivity index (χ3n) is 3.95. The molecule has 1 heterocycles. The van der Waals surface area contributed by atoms with Crippen molar-refractivity contribution in [3.8, 4) is 0 Å². The standard InChI is InChI=1S/C12H23N3O/c1-10-3-2-6-15(7-10)11(16)14-9-12(8-13)4-5-12/h10H,2-9,13H2,1H3,(H,14,16). The monoisotopic (exact) mass is 225 g/mol. The third-order valence-corrected chi connectivity index (χ3v) is 3.95. The lowest BCUT2D eigenvalue weighted by atomic mass is 10.0. The lowest BCUT2D eigenvalue weighted by molar-refractivity contribution is 0.168. The molecule has 16 heavy (non-hydrogen) atoms. The van der Waals surface area contributed by atoms with Crippen molar-refractivity contribution in [1.29, 1.82) is 0 Å². The van der Waals surface area contributed by atoms with E-state index in [1.165, 1.54) is 19.3 Å². The second-order valence-corrected chi connectivity index (χ2v) is 5.56. The first-order valence-corrected chi connectivity index (χ1v) is 6.38. The van der Waals surface area contributed by atoms with Gasteiger partial charge in [0.25, 0.3) is 0 Å². The minimum atomic E-state index is 0.103. The number of nitrogens with zero attached hydrogens (tertiary/aromatic N) is 1. The van der Waals surface area contributed by atoms with Crippen molar-refractivity contribution in [2.45, 2.75) is 32.6 Å². The Bertz CT molecular complexity index is 263. The van der Waals surface area contributed by atoms with Crippen molar-refractivity contribution in [3.63, 3.8) is 0 Å². The van der Waals surface area contributed by atoms with Crippen LogP contribution in [0.25, 0.3) is 0 Å². The number of carbonyl (C=O) groups is 1. The van der Waals surface area contributed by atoms with Crippen LogP contribution in [0.4, 0.5) is 4.79 Å². The van der Waals surface area contributed by atoms with Crippen LogP contribution in [0.3, 0.4) is 0 Å². The minimum Gasteiger partial charge on any atom is -0.337 e. The molecule has 2 amide bonds. The van der Waals surface area contributed by atoms with Gasteiger partial charge in [-0.25, -0.2) is 4.79 Å². The Kier molecular flexibility index (Phi) is 3.38. The van der Waals surface area contributed by atoms with Crippen molar-refractivity contribution in [1.82, 2.24) is 10.2 Å². The Hall–Kier alpha value is -0.770. The Morgan fingerprint density at radius 3 is 2.88 bits per heavy atom. The maximum absolute atomic E-state index is 11.9. The van der Waals surface area contributed by atoms with Gasteiger partial charge in [-0.15, -0.1) is 0 Å². The van der Waals surface area contributed by atoms with Crippen molar-refractivity contribution < 1.29 is 4.79 Å². The summed E-state index contributed by atoms with van der Waals surface area (Å²) >= 11 is 0. The van der Waals surface area contributed by atoms with Gasteiger partial charge in [-0.2, -0.15) is 0 Å². The Labute approximate surface area is 97.6 Å². The molecule has 1 saturated heterocycles. The van der Waals surface area contributed by atoms with E-state index in [0.717, 1.165) is 26.1 Å². The summed E-state index contributed by atoms with van der Waals surface area (Å²) in [4.78, 5) is 13.9. The van der Waals surface area contributed by atoms with Crippen molar-refractivity contribution in [2.24, 2.45) is 17.1 Å². The number of nitrogens with two attached hydrogens (primary N) is 1. The van der Waals surface area contributed by atoms with Gasteiger partial charge >= 0.3 is 6.03 Å². The summed E-state index contributed by atoms with van der Waals surface area (Å²) in [6.07, 6.45) is 4.72. The van der Waals surface area contributed by atoms with E-state index in [0.29, 0.717) is 12.5 Å². The van der Waals surface area contributed by atoms with E-state index < -0.39 is 0 Å². The quantitative estimate of drug-likeness (QED) is 0.757. The molecule has 0 radical (unpaired) electrons. The van der Waals surface area contributed by atoms with Gasteiger partial charge in [-0.1, -0.05) is 6.92 Å². The molecule has 0 aromatic rings. The molecule has 2 fully saturated rings. The molecule has 1 aliphatic heterocycles. The zero-order chi connectivity index (χ0) is 11.6. The molecule has 2 aliphatic rings. The molecule has 1 atom stereocenters. The highest BCUT2D eigenvalue weighted by atomic mass is 16.2. The van der Waals surface area contributed by atoms with Crippen LogP contribution in [-0.4, -0.2) is 37.1 Å². The SMILES string of the molecule is CC1CCCN(C(=O)NCC2(CN)CC2)C1. The predicted molar refractivity (Wildman–Crippen MR) is 64.1 cm³/mol. The zero-order valence-corrected chi connectivity index (χ0v) is 10.2. The van der Waals surface area contributed by atoms with E-state index in [9.17, 15) is 4.79 Å². The molecular formula is C12H23N3O. The van der Waals surface area contributed by atoms with Crippen LogP contribution in [-0.2, 0) is 0 Å². The highest BCUT2D eigenvalue weighted by molar-refractivity contribution is 5.74. The average Bonchev–Trinajstić information content (AvgIpc) is 3.07. The molecule has 4 heteroatoms. The smallest absolute Gasteiger partial charge is 0.317 e. The predicted octanol–water partition coefficient (Wildman–Crippen LogP) is 1.17. The van der Waals surface area contributed by atoms with Crippen LogP contribution in [0.1, 0.15) is 32.6 Å². The minimum absolute atomic E-state index is 0.103. The number of carbonyl (C=O) groups excluding carboxylic acids is 1. The Morgan fingerprint density at radius 1 is 1.56 bits per heavy atom. The van der Waals surface area contributed by atoms with Crippen LogP contribution in [0.2, 0.25) is 0 Å². The molecule has 1 aliphatic carbocycles. The van der Waals surface area contributed by atoms with Gasteiger partial charge in [0.1, 0.15) is 0 Å². The summed E-state index contributed by atoms with van der Waals surface area (Å²) < 4.78 is 0. The number of hydrogen-bond acceptors (Lipinski definition) is 2. The van der Waals surface area contributed by atoms with Crippen LogP contribution in [0.5, 0.6) is 0 Å². The van der Waals surface area contributed by atoms with Gasteiger partial charge in [0.05, 0.1) is 0 Å². The molecule has 3 N–H and O–H groups in total. The molecule has 0 spiro atoms. The highest BCUT2D eigenvalue weighted by Gasteiger charge is 2.41. The fraction of sp³-hybridized carbons (Fsp3) is 0.917. The summed E-state index contributed by atoms with van der Waals surface area (Å²) in [6, 6.07) is 0.103. The topological polar surface area (TPSA) is 58.4 Å². The fourth-order valence-electron chi connectivity index (χ4n) is 2.38. The van der Waals surface area contributed by atoms with E-state index >= 15 is 0 Å². The molecule has 4 nitrogen and oxygen atoms in total. The second kappa shape index (κ2) is 4.62. The summed E-state index contributed by atoms with van der Waals surface area (Å²) in [6.45, 7) is 5.48. The fourth-order valence-corrected chi connectivity index (χ4v) is 2.38. The lowest BCUT2D eigenvalue weighted by Gasteiger charge is -2.31. The number of hydrogen-bond donors (Lipinski definition) is 2. The molecule has 92 valence electrons. The normalized spacial score (nSPS) is 27.6. The molecular weight excluding hydrogens is 202 g/mol. The molecule has 1 unspecified atom stereocenters. The first kappa shape index (κ1) is 11.7. The van der Waals surface area contributed by atoms with Crippen molar-refractivity contribution in [3.05, 3.63) is 0 Å². The number of likely N-dealkylation sites (tertiary alicyclic amines) is 1. The summed E-state index contributed by atoms with van der Waals surface area (Å²) in [7, 11) is 0. The van der Waals surface area contributed by atoms with Gasteiger partial charge in [0, 0.05) is 25.0 Å². The van der Waals surface area contributed by atoms with E-state index in [1.807, 2.05) is 4.90 Å². The van der Waals surface area contributed by atoms with Crippen LogP contribution >= 0.6 is 0 Å². The molecule has 2 rings (SSSR count). The number of rotatable bonds is 3. The van der Waals surface area contributed by atoms with Gasteiger partial charge in [0.15, 0.2) is 0 Å². The summed E-state index contributed by atoms with van der Waals surface area (Å²) in [5.41, 5.74) is 5.92. The molecule has 1 saturated carbocycles. The van der Waals surface area contributed by atoms with E-state index in [-0.39, 0.29) is 11.4 Å². The largest absolute Gasteiger partial charge is 0.337 e. The second-order valence-electron chi connectivity index (χ2n) is 5.56. The number of piperidine rings is 1. The van der Waals surface area contributed by atoms with Gasteiger partial charge in [-0.05, 0) is 38.1 Å². The van der Waals surface area contributed by atoms with E-state index in [1.54, 1.807) is 0 Å². The molecule has 0 aromatic carbocycles. The van der Waals surface area contributed by atoms with Crippen LogP contribution < -0.4 is 11.1 Å². The van der Waals surface area contributed by atoms with Crippen LogP contribution in [0.15, 0.2) is 0 Å². The third kappa shape index (κ3) is 2.67. The molecule has 0 aromatic heterocycles. The molecule has 0 bridgehead atoms.